The minimum absolute atomic E-state index is 0.0174. The van der Waals surface area contributed by atoms with E-state index in [0.717, 1.165) is 0 Å². The van der Waals surface area contributed by atoms with Gasteiger partial charge in [0.2, 0.25) is 0 Å². The van der Waals surface area contributed by atoms with Crippen LogP contribution in [0.1, 0.15) is 10.4 Å². The van der Waals surface area contributed by atoms with Crippen LogP contribution in [0, 0.1) is 0 Å². The van der Waals surface area contributed by atoms with Gasteiger partial charge in [-0.15, -0.1) is 0 Å². The quantitative estimate of drug-likeness (QED) is 0.214. The second-order valence-corrected chi connectivity index (χ2v) is 2.98. The van der Waals surface area contributed by atoms with Crippen molar-refractivity contribution < 1.29 is 24.2 Å². The smallest absolute Gasteiger partial charge is 0.478 e. The fourth-order valence-corrected chi connectivity index (χ4v) is 1.01. The van der Waals surface area contributed by atoms with Gasteiger partial charge in [0, 0.05) is 4.91 Å². The maximum Gasteiger partial charge on any atom is 0.513 e. The van der Waals surface area contributed by atoms with E-state index in [0.29, 0.717) is 0 Å². The molecule has 8 heteroatoms. The van der Waals surface area contributed by atoms with E-state index in [-0.39, 0.29) is 24.5 Å². The molecule has 0 aromatic heterocycles. The Labute approximate surface area is 101 Å². The van der Waals surface area contributed by atoms with Gasteiger partial charge in [0.1, 0.15) is 12.4 Å². The summed E-state index contributed by atoms with van der Waals surface area (Å²) >= 11 is 0. The summed E-state index contributed by atoms with van der Waals surface area (Å²) in [7, 11) is 0. The first-order valence-electron chi connectivity index (χ1n) is 4.82. The molecule has 1 rings (SSSR count). The highest BCUT2D eigenvalue weighted by Gasteiger charge is 2.07. The molecule has 0 fully saturated rings. The molecule has 0 heterocycles. The van der Waals surface area contributed by atoms with Gasteiger partial charge in [0.05, 0.1) is 12.1 Å². The molecule has 0 radical (unpaired) electrons. The van der Waals surface area contributed by atoms with Crippen LogP contribution in [0.4, 0.5) is 4.79 Å². The minimum Gasteiger partial charge on any atom is -0.478 e. The third-order valence-corrected chi connectivity index (χ3v) is 1.78. The number of carboxylic acids is 1. The Morgan fingerprint density at radius 3 is 2.56 bits per heavy atom. The normalized spacial score (nSPS) is 9.11. The summed E-state index contributed by atoms with van der Waals surface area (Å²) in [6, 6.07) is 5.26. The Kier molecular flexibility index (Phi) is 5.01. The fourth-order valence-electron chi connectivity index (χ4n) is 1.01. The number of carbonyl (C=O) groups excluding carboxylic acids is 1. The average molecular weight is 251 g/mol. The van der Waals surface area contributed by atoms with Crippen LogP contribution in [0.25, 0.3) is 10.4 Å². The number of aromatic carboxylic acids is 1. The Morgan fingerprint density at radius 2 is 2.00 bits per heavy atom. The SMILES string of the molecule is [N-]=[N+]=NCCOC(=O)Oc1ccc(C(=O)O)cc1. The summed E-state index contributed by atoms with van der Waals surface area (Å²) in [4.78, 5) is 24.1. The van der Waals surface area contributed by atoms with Crippen molar-refractivity contribution in [2.75, 3.05) is 13.2 Å². The number of rotatable bonds is 5. The lowest BCUT2D eigenvalue weighted by Crippen LogP contribution is -2.12. The Hall–Kier alpha value is -2.73. The molecule has 0 saturated carbocycles. The summed E-state index contributed by atoms with van der Waals surface area (Å²) in [5, 5.41) is 11.8. The number of carboxylic acid groups (broad SMARTS) is 1. The molecule has 1 aromatic rings. The molecule has 0 aliphatic rings. The van der Waals surface area contributed by atoms with Crippen molar-refractivity contribution in [1.29, 1.82) is 0 Å². The van der Waals surface area contributed by atoms with Crippen LogP contribution in [0.3, 0.4) is 0 Å². The van der Waals surface area contributed by atoms with Gasteiger partial charge in [0.25, 0.3) is 0 Å². The molecule has 1 aromatic carbocycles. The first-order valence-corrected chi connectivity index (χ1v) is 4.82. The van der Waals surface area contributed by atoms with Crippen molar-refractivity contribution in [3.05, 3.63) is 40.3 Å². The highest BCUT2D eigenvalue weighted by molar-refractivity contribution is 5.87. The standard InChI is InChI=1S/C10H9N3O5/c11-13-12-5-6-17-10(16)18-8-3-1-7(2-4-8)9(14)15/h1-4H,5-6H2,(H,14,15). The number of hydrogen-bond donors (Lipinski definition) is 1. The van der Waals surface area contributed by atoms with Crippen molar-refractivity contribution in [2.45, 2.75) is 0 Å². The zero-order valence-electron chi connectivity index (χ0n) is 9.15. The summed E-state index contributed by atoms with van der Waals surface area (Å²) < 4.78 is 9.32. The molecule has 94 valence electrons. The molecule has 18 heavy (non-hydrogen) atoms. The number of carbonyl (C=O) groups is 2. The molecular weight excluding hydrogens is 242 g/mol. The third kappa shape index (κ3) is 4.42. The molecule has 0 unspecified atom stereocenters. The molecule has 1 N–H and O–H groups in total. The summed E-state index contributed by atoms with van der Waals surface area (Å²) in [5.74, 6) is -0.910. The van der Waals surface area contributed by atoms with Crippen molar-refractivity contribution in [3.8, 4) is 5.75 Å². The predicted octanol–water partition coefficient (Wildman–Crippen LogP) is 2.21. The van der Waals surface area contributed by atoms with Crippen LogP contribution in [0.2, 0.25) is 0 Å². The highest BCUT2D eigenvalue weighted by Crippen LogP contribution is 2.12. The van der Waals surface area contributed by atoms with E-state index in [4.69, 9.17) is 15.4 Å². The van der Waals surface area contributed by atoms with E-state index in [1.54, 1.807) is 0 Å². The highest BCUT2D eigenvalue weighted by atomic mass is 16.7. The van der Waals surface area contributed by atoms with Crippen LogP contribution in [-0.2, 0) is 4.74 Å². The van der Waals surface area contributed by atoms with E-state index in [1.807, 2.05) is 0 Å². The second-order valence-electron chi connectivity index (χ2n) is 2.98. The van der Waals surface area contributed by atoms with Gasteiger partial charge in [-0.3, -0.25) is 0 Å². The number of nitrogens with zero attached hydrogens (tertiary/aromatic N) is 3. The Bertz CT molecular complexity index is 479. The Balaban J connectivity index is 2.44. The summed E-state index contributed by atoms with van der Waals surface area (Å²) in [6.45, 7) is -0.0698. The second kappa shape index (κ2) is 6.77. The number of hydrogen-bond acceptors (Lipinski definition) is 5. The van der Waals surface area contributed by atoms with E-state index in [2.05, 4.69) is 14.8 Å². The van der Waals surface area contributed by atoms with Crippen LogP contribution in [0.5, 0.6) is 5.75 Å². The molecule has 0 bridgehead atoms. The largest absolute Gasteiger partial charge is 0.513 e. The maximum absolute atomic E-state index is 11.1. The molecule has 0 spiro atoms. The zero-order chi connectivity index (χ0) is 13.4. The molecular formula is C10H9N3O5. The van der Waals surface area contributed by atoms with Gasteiger partial charge >= 0.3 is 12.1 Å². The predicted molar refractivity (Wildman–Crippen MR) is 59.4 cm³/mol. The summed E-state index contributed by atoms with van der Waals surface area (Å²) in [5.41, 5.74) is 8.06. The number of azide groups is 1. The van der Waals surface area contributed by atoms with Crippen molar-refractivity contribution in [1.82, 2.24) is 0 Å². The molecule has 0 aliphatic carbocycles. The Morgan fingerprint density at radius 1 is 1.33 bits per heavy atom. The molecule has 0 atom stereocenters. The third-order valence-electron chi connectivity index (χ3n) is 1.78. The minimum atomic E-state index is -1.07. The number of benzene rings is 1. The lowest BCUT2D eigenvalue weighted by molar-refractivity contribution is 0.0697. The van der Waals surface area contributed by atoms with Gasteiger partial charge < -0.3 is 14.6 Å². The van der Waals surface area contributed by atoms with Gasteiger partial charge in [-0.05, 0) is 29.8 Å². The van der Waals surface area contributed by atoms with Crippen molar-refractivity contribution in [2.24, 2.45) is 5.11 Å². The van der Waals surface area contributed by atoms with Crippen LogP contribution in [0.15, 0.2) is 29.4 Å². The fraction of sp³-hybridized carbons (Fsp3) is 0.200. The van der Waals surface area contributed by atoms with E-state index < -0.39 is 12.1 Å². The van der Waals surface area contributed by atoms with E-state index in [9.17, 15) is 9.59 Å². The lowest BCUT2D eigenvalue weighted by Gasteiger charge is -2.04. The van der Waals surface area contributed by atoms with Gasteiger partial charge in [0.15, 0.2) is 0 Å². The summed E-state index contributed by atoms with van der Waals surface area (Å²) in [6.07, 6.45) is -0.953. The maximum atomic E-state index is 11.1. The topological polar surface area (TPSA) is 122 Å². The van der Waals surface area contributed by atoms with Gasteiger partial charge in [-0.2, -0.15) is 0 Å². The van der Waals surface area contributed by atoms with E-state index in [1.165, 1.54) is 24.3 Å². The van der Waals surface area contributed by atoms with Crippen molar-refractivity contribution in [3.63, 3.8) is 0 Å². The average Bonchev–Trinajstić information content (AvgIpc) is 2.35. The lowest BCUT2D eigenvalue weighted by atomic mass is 10.2. The van der Waals surface area contributed by atoms with E-state index >= 15 is 0 Å². The molecule has 8 nitrogen and oxygen atoms in total. The molecule has 0 aliphatic heterocycles. The molecule has 0 saturated heterocycles. The number of ether oxygens (including phenoxy) is 2. The van der Waals surface area contributed by atoms with Crippen LogP contribution in [-0.4, -0.2) is 30.4 Å². The van der Waals surface area contributed by atoms with Crippen molar-refractivity contribution >= 4 is 12.1 Å². The first kappa shape index (κ1) is 13.3. The zero-order valence-corrected chi connectivity index (χ0v) is 9.15. The van der Waals surface area contributed by atoms with Gasteiger partial charge in [-0.25, -0.2) is 9.59 Å². The first-order chi connectivity index (χ1) is 8.63. The molecule has 0 amide bonds. The monoisotopic (exact) mass is 251 g/mol. The van der Waals surface area contributed by atoms with Crippen LogP contribution < -0.4 is 4.74 Å². The van der Waals surface area contributed by atoms with Gasteiger partial charge in [-0.1, -0.05) is 5.11 Å². The van der Waals surface area contributed by atoms with Crippen LogP contribution >= 0.6 is 0 Å².